The van der Waals surface area contributed by atoms with Crippen molar-refractivity contribution in [2.24, 2.45) is 0 Å². The maximum atomic E-state index is 12.6. The van der Waals surface area contributed by atoms with Crippen LogP contribution < -0.4 is 10.3 Å². The van der Waals surface area contributed by atoms with Gasteiger partial charge in [0.1, 0.15) is 11.8 Å². The van der Waals surface area contributed by atoms with Gasteiger partial charge in [0.05, 0.1) is 17.2 Å². The second kappa shape index (κ2) is 5.62. The summed E-state index contributed by atoms with van der Waals surface area (Å²) in [5.41, 5.74) is -0.296. The predicted octanol–water partition coefficient (Wildman–Crippen LogP) is 2.60. The molecule has 7 nitrogen and oxygen atoms in total. The Bertz CT molecular complexity index is 948. The van der Waals surface area contributed by atoms with Crippen LogP contribution in [0.4, 0.5) is 13.2 Å². The van der Waals surface area contributed by atoms with Gasteiger partial charge in [0.15, 0.2) is 5.82 Å². The average molecular weight is 340 g/mol. The van der Waals surface area contributed by atoms with Gasteiger partial charge in [0, 0.05) is 0 Å². The van der Waals surface area contributed by atoms with Crippen molar-refractivity contribution in [1.29, 1.82) is 0 Å². The number of alkyl halides is 3. The molecule has 0 amide bonds. The molecule has 0 aliphatic rings. The molecule has 0 radical (unpaired) electrons. The number of benzene rings is 1. The van der Waals surface area contributed by atoms with Gasteiger partial charge in [-0.3, -0.25) is 9.36 Å². The second-order valence-electron chi connectivity index (χ2n) is 5.04. The minimum absolute atomic E-state index is 0.0117. The predicted molar refractivity (Wildman–Crippen MR) is 75.5 cm³/mol. The van der Waals surface area contributed by atoms with E-state index in [9.17, 15) is 18.0 Å². The van der Waals surface area contributed by atoms with Gasteiger partial charge in [-0.1, -0.05) is 5.16 Å². The fraction of sp³-hybridized carbons (Fsp3) is 0.286. The molecule has 0 N–H and O–H groups in total. The number of halogens is 3. The maximum absolute atomic E-state index is 12.6. The highest BCUT2D eigenvalue weighted by Gasteiger charge is 2.31. The zero-order valence-electron chi connectivity index (χ0n) is 12.5. The molecule has 126 valence electrons. The molecule has 3 aromatic rings. The minimum atomic E-state index is -4.84. The molecule has 1 aromatic carbocycles. The van der Waals surface area contributed by atoms with Gasteiger partial charge in [-0.05, 0) is 32.0 Å². The Balaban J connectivity index is 2.07. The number of nitrogens with zero attached hydrogens (tertiary/aromatic N) is 4. The van der Waals surface area contributed by atoms with Crippen molar-refractivity contribution in [3.8, 4) is 5.75 Å². The molecule has 0 spiro atoms. The lowest BCUT2D eigenvalue weighted by atomic mass is 10.2. The van der Waals surface area contributed by atoms with Crippen LogP contribution in [0, 0.1) is 6.92 Å². The third kappa shape index (κ3) is 3.07. The first-order chi connectivity index (χ1) is 11.2. The van der Waals surface area contributed by atoms with Crippen molar-refractivity contribution in [3.63, 3.8) is 0 Å². The molecule has 3 rings (SSSR count). The van der Waals surface area contributed by atoms with Gasteiger partial charge in [-0.25, -0.2) is 4.98 Å². The van der Waals surface area contributed by atoms with Crippen LogP contribution in [0.5, 0.6) is 5.75 Å². The first-order valence-electron chi connectivity index (χ1n) is 6.81. The standard InChI is InChI=1S/C14H11F3N4O3/c1-7(12-19-8(2)20-24-12)21-6-18-11-4-3-9(23-14(15,16)17)5-10(11)13(21)22/h3-7H,1-2H3/t7-/m1/s1. The number of rotatable bonds is 3. The van der Waals surface area contributed by atoms with Gasteiger partial charge in [-0.2, -0.15) is 4.98 Å². The number of aromatic nitrogens is 4. The summed E-state index contributed by atoms with van der Waals surface area (Å²) in [4.78, 5) is 20.7. The van der Waals surface area contributed by atoms with E-state index in [0.29, 0.717) is 5.82 Å². The van der Waals surface area contributed by atoms with E-state index in [1.165, 1.54) is 17.0 Å². The summed E-state index contributed by atoms with van der Waals surface area (Å²) in [6.07, 6.45) is -3.57. The van der Waals surface area contributed by atoms with Gasteiger partial charge in [0.25, 0.3) is 5.56 Å². The molecule has 0 saturated carbocycles. The summed E-state index contributed by atoms with van der Waals surface area (Å²) in [7, 11) is 0. The quantitative estimate of drug-likeness (QED) is 0.729. The van der Waals surface area contributed by atoms with Crippen molar-refractivity contribution in [1.82, 2.24) is 19.7 Å². The molecule has 0 saturated heterocycles. The molecule has 0 aliphatic carbocycles. The minimum Gasteiger partial charge on any atom is -0.406 e. The van der Waals surface area contributed by atoms with E-state index >= 15 is 0 Å². The molecule has 0 aliphatic heterocycles. The molecule has 2 aromatic heterocycles. The highest BCUT2D eigenvalue weighted by atomic mass is 19.4. The van der Waals surface area contributed by atoms with Crippen LogP contribution in [0.1, 0.15) is 24.7 Å². The molecule has 2 heterocycles. The normalized spacial score (nSPS) is 13.2. The first kappa shape index (κ1) is 16.0. The Labute approximate surface area is 132 Å². The second-order valence-corrected chi connectivity index (χ2v) is 5.04. The van der Waals surface area contributed by atoms with Crippen LogP contribution in [-0.2, 0) is 0 Å². The lowest BCUT2D eigenvalue weighted by molar-refractivity contribution is -0.274. The highest BCUT2D eigenvalue weighted by molar-refractivity contribution is 5.78. The SMILES string of the molecule is Cc1noc([C@@H](C)n2cnc3ccc(OC(F)(F)F)cc3c2=O)n1. The molecule has 0 unspecified atom stereocenters. The molecule has 24 heavy (non-hydrogen) atoms. The zero-order chi connectivity index (χ0) is 17.5. The Morgan fingerprint density at radius 1 is 1.33 bits per heavy atom. The van der Waals surface area contributed by atoms with Crippen molar-refractivity contribution in [3.05, 3.63) is 46.6 Å². The first-order valence-corrected chi connectivity index (χ1v) is 6.81. The molecule has 0 bridgehead atoms. The largest absolute Gasteiger partial charge is 0.573 e. The number of ether oxygens (including phenoxy) is 1. The van der Waals surface area contributed by atoms with Crippen LogP contribution in [0.25, 0.3) is 10.9 Å². The van der Waals surface area contributed by atoms with E-state index < -0.39 is 23.7 Å². The van der Waals surface area contributed by atoms with Crippen molar-refractivity contribution >= 4 is 10.9 Å². The van der Waals surface area contributed by atoms with Crippen LogP contribution >= 0.6 is 0 Å². The number of fused-ring (bicyclic) bond motifs is 1. The Morgan fingerprint density at radius 2 is 2.08 bits per heavy atom. The fourth-order valence-electron chi connectivity index (χ4n) is 2.19. The van der Waals surface area contributed by atoms with Gasteiger partial charge in [0.2, 0.25) is 5.89 Å². The zero-order valence-corrected chi connectivity index (χ0v) is 12.5. The van der Waals surface area contributed by atoms with Crippen molar-refractivity contribution in [2.45, 2.75) is 26.3 Å². The van der Waals surface area contributed by atoms with E-state index in [-0.39, 0.29) is 16.8 Å². The number of hydrogen-bond acceptors (Lipinski definition) is 6. The van der Waals surface area contributed by atoms with Crippen molar-refractivity contribution in [2.75, 3.05) is 0 Å². The van der Waals surface area contributed by atoms with Crippen molar-refractivity contribution < 1.29 is 22.4 Å². The van der Waals surface area contributed by atoms with Crippen LogP contribution in [-0.4, -0.2) is 26.1 Å². The van der Waals surface area contributed by atoms with Crippen LogP contribution in [0.2, 0.25) is 0 Å². The average Bonchev–Trinajstić information content (AvgIpc) is 2.92. The summed E-state index contributed by atoms with van der Waals surface area (Å²) in [6, 6.07) is 2.75. The lowest BCUT2D eigenvalue weighted by Gasteiger charge is -2.12. The molecule has 1 atom stereocenters. The van der Waals surface area contributed by atoms with E-state index in [2.05, 4.69) is 19.9 Å². The van der Waals surface area contributed by atoms with Crippen LogP contribution in [0.3, 0.4) is 0 Å². The molecule has 10 heteroatoms. The maximum Gasteiger partial charge on any atom is 0.573 e. The van der Waals surface area contributed by atoms with Gasteiger partial charge < -0.3 is 9.26 Å². The number of aryl methyl sites for hydroxylation is 1. The van der Waals surface area contributed by atoms with Crippen LogP contribution in [0.15, 0.2) is 33.8 Å². The van der Waals surface area contributed by atoms with Gasteiger partial charge in [-0.15, -0.1) is 13.2 Å². The van der Waals surface area contributed by atoms with E-state index in [1.54, 1.807) is 13.8 Å². The molecular weight excluding hydrogens is 329 g/mol. The summed E-state index contributed by atoms with van der Waals surface area (Å²) >= 11 is 0. The summed E-state index contributed by atoms with van der Waals surface area (Å²) in [5, 5.41) is 3.63. The summed E-state index contributed by atoms with van der Waals surface area (Å²) in [5.74, 6) is 0.103. The van der Waals surface area contributed by atoms with E-state index in [0.717, 1.165) is 12.1 Å². The third-order valence-corrected chi connectivity index (χ3v) is 3.31. The Hall–Kier alpha value is -2.91. The molecular formula is C14H11F3N4O3. The molecule has 0 fully saturated rings. The Kier molecular flexibility index (Phi) is 3.74. The van der Waals surface area contributed by atoms with E-state index in [4.69, 9.17) is 4.52 Å². The summed E-state index contributed by atoms with van der Waals surface area (Å²) < 4.78 is 47.0. The lowest BCUT2D eigenvalue weighted by Crippen LogP contribution is -2.25. The monoisotopic (exact) mass is 340 g/mol. The number of hydrogen-bond donors (Lipinski definition) is 0. The topological polar surface area (TPSA) is 83.0 Å². The van der Waals surface area contributed by atoms with Gasteiger partial charge >= 0.3 is 6.36 Å². The Morgan fingerprint density at radius 3 is 2.71 bits per heavy atom. The smallest absolute Gasteiger partial charge is 0.406 e. The third-order valence-electron chi connectivity index (χ3n) is 3.31. The van der Waals surface area contributed by atoms with E-state index in [1.807, 2.05) is 0 Å². The highest BCUT2D eigenvalue weighted by Crippen LogP contribution is 2.25. The fourth-order valence-corrected chi connectivity index (χ4v) is 2.19. The summed E-state index contributed by atoms with van der Waals surface area (Å²) in [6.45, 7) is 3.26.